The van der Waals surface area contributed by atoms with Crippen molar-refractivity contribution < 1.29 is 23.0 Å². The van der Waals surface area contributed by atoms with Crippen LogP contribution in [0.1, 0.15) is 41.9 Å². The van der Waals surface area contributed by atoms with Gasteiger partial charge in [0.2, 0.25) is 0 Å². The Morgan fingerprint density at radius 3 is 2.84 bits per heavy atom. The molecule has 0 spiro atoms. The molecule has 1 amide bonds. The van der Waals surface area contributed by atoms with Gasteiger partial charge in [-0.15, -0.1) is 0 Å². The van der Waals surface area contributed by atoms with E-state index in [-0.39, 0.29) is 24.1 Å². The smallest absolute Gasteiger partial charge is 0.295 e. The number of rotatable bonds is 3. The minimum Gasteiger partial charge on any atom is -0.348 e. The number of nitrogens with one attached hydrogen (secondary N) is 1. The molecule has 2 aromatic rings. The van der Waals surface area contributed by atoms with Gasteiger partial charge in [0.05, 0.1) is 30.3 Å². The van der Waals surface area contributed by atoms with Crippen LogP contribution in [0.5, 0.6) is 0 Å². The molecule has 1 aromatic carbocycles. The molecular weight excluding hydrogens is 332 g/mol. The van der Waals surface area contributed by atoms with Crippen molar-refractivity contribution in [2.24, 2.45) is 0 Å². The number of carbonyl (C=O) groups is 1. The number of halogens is 2. The van der Waals surface area contributed by atoms with E-state index in [1.54, 1.807) is 23.1 Å². The summed E-state index contributed by atoms with van der Waals surface area (Å²) in [6.45, 7) is 1.72. The maximum atomic E-state index is 13.0. The molecule has 3 heterocycles. The number of imidazole rings is 1. The fraction of sp³-hybridized carbons (Fsp3) is 0.529. The van der Waals surface area contributed by atoms with Crippen LogP contribution >= 0.6 is 0 Å². The van der Waals surface area contributed by atoms with Gasteiger partial charge >= 0.3 is 0 Å². The first-order chi connectivity index (χ1) is 12.1. The Morgan fingerprint density at radius 2 is 2.08 bits per heavy atom. The van der Waals surface area contributed by atoms with Crippen LogP contribution in [0.2, 0.25) is 0 Å². The highest BCUT2D eigenvalue weighted by atomic mass is 19.3. The van der Waals surface area contributed by atoms with Gasteiger partial charge in [0.15, 0.2) is 12.1 Å². The number of H-pyrrole nitrogens is 1. The molecule has 4 rings (SSSR count). The zero-order valence-corrected chi connectivity index (χ0v) is 13.6. The fourth-order valence-electron chi connectivity index (χ4n) is 3.52. The number of ether oxygens (including phenoxy) is 2. The largest absolute Gasteiger partial charge is 0.348 e. The van der Waals surface area contributed by atoms with Crippen LogP contribution in [0.4, 0.5) is 8.78 Å². The van der Waals surface area contributed by atoms with Gasteiger partial charge < -0.3 is 19.4 Å². The summed E-state index contributed by atoms with van der Waals surface area (Å²) in [4.78, 5) is 21.2. The Balaban J connectivity index is 1.60. The molecule has 0 saturated carbocycles. The zero-order chi connectivity index (χ0) is 17.4. The van der Waals surface area contributed by atoms with Crippen molar-refractivity contribution in [3.05, 3.63) is 29.6 Å². The maximum absolute atomic E-state index is 13.0. The van der Waals surface area contributed by atoms with Gasteiger partial charge in [0.25, 0.3) is 12.3 Å². The molecule has 1 unspecified atom stereocenters. The standard InChI is InChI=1S/C17H19F2N3O3/c18-14(19)15-20-11-5-4-10(9-12(11)21-15)16(23)22-6-2-1-3-13(22)17-24-7-8-25-17/h4-5,9,13-14,17H,1-3,6-8H2,(H,20,21). The van der Waals surface area contributed by atoms with Crippen LogP contribution in [0.25, 0.3) is 11.0 Å². The third-order valence-corrected chi connectivity index (χ3v) is 4.73. The minimum atomic E-state index is -2.67. The van der Waals surface area contributed by atoms with E-state index >= 15 is 0 Å². The number of piperidine rings is 1. The van der Waals surface area contributed by atoms with Crippen molar-refractivity contribution in [2.45, 2.75) is 38.0 Å². The van der Waals surface area contributed by atoms with E-state index in [1.807, 2.05) is 0 Å². The van der Waals surface area contributed by atoms with Gasteiger partial charge in [-0.2, -0.15) is 0 Å². The van der Waals surface area contributed by atoms with E-state index in [0.29, 0.717) is 36.4 Å². The van der Waals surface area contributed by atoms with E-state index in [1.165, 1.54) is 0 Å². The molecule has 134 valence electrons. The minimum absolute atomic E-state index is 0.113. The van der Waals surface area contributed by atoms with Gasteiger partial charge in [0, 0.05) is 12.1 Å². The maximum Gasteiger partial charge on any atom is 0.295 e. The van der Waals surface area contributed by atoms with E-state index in [4.69, 9.17) is 9.47 Å². The normalized spacial score (nSPS) is 22.2. The highest BCUT2D eigenvalue weighted by Crippen LogP contribution is 2.27. The van der Waals surface area contributed by atoms with Gasteiger partial charge in [-0.05, 0) is 37.5 Å². The average Bonchev–Trinajstić information content (AvgIpc) is 3.30. The highest BCUT2D eigenvalue weighted by molar-refractivity contribution is 5.97. The highest BCUT2D eigenvalue weighted by Gasteiger charge is 2.36. The Bertz CT molecular complexity index is 774. The summed E-state index contributed by atoms with van der Waals surface area (Å²) in [7, 11) is 0. The molecule has 8 heteroatoms. The Kier molecular flexibility index (Phi) is 4.39. The Morgan fingerprint density at radius 1 is 1.28 bits per heavy atom. The monoisotopic (exact) mass is 351 g/mol. The molecule has 0 bridgehead atoms. The summed E-state index contributed by atoms with van der Waals surface area (Å²) in [5.41, 5.74) is 1.30. The molecule has 1 aromatic heterocycles. The lowest BCUT2D eigenvalue weighted by atomic mass is 10.00. The Labute approximate surface area is 143 Å². The second kappa shape index (κ2) is 6.68. The molecule has 2 aliphatic heterocycles. The molecular formula is C17H19F2N3O3. The van der Waals surface area contributed by atoms with Crippen molar-refractivity contribution in [1.82, 2.24) is 14.9 Å². The lowest BCUT2D eigenvalue weighted by Gasteiger charge is -2.38. The molecule has 25 heavy (non-hydrogen) atoms. The van der Waals surface area contributed by atoms with Crippen molar-refractivity contribution in [3.8, 4) is 0 Å². The molecule has 2 fully saturated rings. The van der Waals surface area contributed by atoms with Crippen molar-refractivity contribution in [2.75, 3.05) is 19.8 Å². The SMILES string of the molecule is O=C(c1ccc2nc(C(F)F)[nH]c2c1)N1CCCCC1C1OCCO1. The third-order valence-electron chi connectivity index (χ3n) is 4.73. The van der Waals surface area contributed by atoms with Crippen molar-refractivity contribution >= 4 is 16.9 Å². The number of hydrogen-bond donors (Lipinski definition) is 1. The summed E-state index contributed by atoms with van der Waals surface area (Å²) in [6, 6.07) is 4.69. The lowest BCUT2D eigenvalue weighted by molar-refractivity contribution is -0.100. The van der Waals surface area contributed by atoms with E-state index in [9.17, 15) is 13.6 Å². The number of hydrogen-bond acceptors (Lipinski definition) is 4. The predicted molar refractivity (Wildman–Crippen MR) is 85.4 cm³/mol. The van der Waals surface area contributed by atoms with Crippen LogP contribution in [-0.2, 0) is 9.47 Å². The van der Waals surface area contributed by atoms with Crippen molar-refractivity contribution in [1.29, 1.82) is 0 Å². The predicted octanol–water partition coefficient (Wildman–Crippen LogP) is 2.87. The molecule has 1 N–H and O–H groups in total. The molecule has 6 nitrogen and oxygen atoms in total. The molecule has 2 saturated heterocycles. The zero-order valence-electron chi connectivity index (χ0n) is 13.6. The molecule has 1 atom stereocenters. The second-order valence-corrected chi connectivity index (χ2v) is 6.33. The van der Waals surface area contributed by atoms with Crippen LogP contribution < -0.4 is 0 Å². The molecule has 0 aliphatic carbocycles. The number of amides is 1. The number of likely N-dealkylation sites (tertiary alicyclic amines) is 1. The van der Waals surface area contributed by atoms with Crippen LogP contribution in [0.3, 0.4) is 0 Å². The van der Waals surface area contributed by atoms with Crippen molar-refractivity contribution in [3.63, 3.8) is 0 Å². The van der Waals surface area contributed by atoms with Gasteiger partial charge in [-0.1, -0.05) is 0 Å². The van der Waals surface area contributed by atoms with Gasteiger partial charge in [-0.3, -0.25) is 4.79 Å². The fourth-order valence-corrected chi connectivity index (χ4v) is 3.52. The number of aromatic amines is 1. The van der Waals surface area contributed by atoms with Crippen LogP contribution in [0.15, 0.2) is 18.2 Å². The third kappa shape index (κ3) is 3.11. The molecule has 0 radical (unpaired) electrons. The first-order valence-corrected chi connectivity index (χ1v) is 8.45. The number of carbonyl (C=O) groups excluding carboxylic acids is 1. The van der Waals surface area contributed by atoms with E-state index in [0.717, 1.165) is 19.3 Å². The Hall–Kier alpha value is -2.06. The van der Waals surface area contributed by atoms with Crippen LogP contribution in [-0.4, -0.2) is 52.9 Å². The summed E-state index contributed by atoms with van der Waals surface area (Å²) in [6.07, 6.45) is -0.274. The topological polar surface area (TPSA) is 67.5 Å². The van der Waals surface area contributed by atoms with E-state index in [2.05, 4.69) is 9.97 Å². The summed E-state index contributed by atoms with van der Waals surface area (Å²) in [5, 5.41) is 0. The number of fused-ring (bicyclic) bond motifs is 1. The first kappa shape index (κ1) is 16.4. The summed E-state index contributed by atoms with van der Waals surface area (Å²) in [5.74, 6) is -0.526. The summed E-state index contributed by atoms with van der Waals surface area (Å²) >= 11 is 0. The van der Waals surface area contributed by atoms with Gasteiger partial charge in [0.1, 0.15) is 0 Å². The lowest BCUT2D eigenvalue weighted by Crippen LogP contribution is -2.50. The van der Waals surface area contributed by atoms with Gasteiger partial charge in [-0.25, -0.2) is 13.8 Å². The number of aromatic nitrogens is 2. The van der Waals surface area contributed by atoms with Crippen LogP contribution in [0, 0.1) is 0 Å². The average molecular weight is 351 g/mol. The quantitative estimate of drug-likeness (QED) is 0.923. The van der Waals surface area contributed by atoms with E-state index < -0.39 is 6.43 Å². The number of nitrogens with zero attached hydrogens (tertiary/aromatic N) is 2. The number of alkyl halides is 2. The molecule has 2 aliphatic rings. The number of benzene rings is 1. The first-order valence-electron chi connectivity index (χ1n) is 8.45. The summed E-state index contributed by atoms with van der Waals surface area (Å²) < 4.78 is 36.8. The second-order valence-electron chi connectivity index (χ2n) is 6.33.